The van der Waals surface area contributed by atoms with Crippen LogP contribution in [0.5, 0.6) is 0 Å². The van der Waals surface area contributed by atoms with E-state index in [1.807, 2.05) is 32.2 Å². The fraction of sp³-hybridized carbons (Fsp3) is 0.292. The molecule has 1 heterocycles. The minimum atomic E-state index is -2.74. The Morgan fingerprint density at radius 3 is 2.22 bits per heavy atom. The highest BCUT2D eigenvalue weighted by Crippen LogP contribution is 2.33. The maximum Gasteiger partial charge on any atom is 0.336 e. The Morgan fingerprint density at radius 1 is 1.03 bits per heavy atom. The van der Waals surface area contributed by atoms with Gasteiger partial charge in [0.25, 0.3) is 0 Å². The van der Waals surface area contributed by atoms with Gasteiger partial charge in [-0.05, 0) is 43.9 Å². The Labute approximate surface area is 212 Å². The molecular weight excluding hydrogens is 488 g/mol. The Kier molecular flexibility index (Phi) is 10.0. The summed E-state index contributed by atoms with van der Waals surface area (Å²) in [7, 11) is 1.95. The smallest absolute Gasteiger partial charge is 0.336 e. The van der Waals surface area contributed by atoms with Gasteiger partial charge in [0.15, 0.2) is 10.7 Å². The number of hydrogen-bond donors (Lipinski definition) is 7. The number of aliphatic hydroxyl groups is 1. The molecule has 12 heteroatoms. The average Bonchev–Trinajstić information content (AvgIpc) is 2.99. The number of hydrogen-bond acceptors (Lipinski definition) is 7. The molecule has 11 nitrogen and oxygen atoms in total. The van der Waals surface area contributed by atoms with E-state index >= 15 is 0 Å². The topological polar surface area (TPSA) is 181 Å². The molecule has 0 spiro atoms. The van der Waals surface area contributed by atoms with Gasteiger partial charge < -0.3 is 36.4 Å². The van der Waals surface area contributed by atoms with E-state index in [4.69, 9.17) is 37.6 Å². The second-order valence-corrected chi connectivity index (χ2v) is 8.25. The van der Waals surface area contributed by atoms with Gasteiger partial charge in [0.1, 0.15) is 0 Å². The number of nitrogens with zero attached hydrogens (tertiary/aromatic N) is 1. The Bertz CT molecular complexity index is 1220. The fourth-order valence-corrected chi connectivity index (χ4v) is 3.71. The summed E-state index contributed by atoms with van der Waals surface area (Å²) in [5, 5.41) is 45.1. The molecule has 1 aromatic carbocycles. The summed E-state index contributed by atoms with van der Waals surface area (Å²) in [5.74, 6) is -5.02. The number of rotatable bonds is 9. The molecule has 7 N–H and O–H groups in total. The lowest BCUT2D eigenvalue weighted by molar-refractivity contribution is -0.170. The summed E-state index contributed by atoms with van der Waals surface area (Å²) in [6.45, 7) is 3.63. The molecule has 2 aliphatic rings. The van der Waals surface area contributed by atoms with Crippen LogP contribution >= 0.6 is 12.2 Å². The SMILES string of the molecule is CCNC(=S)Nc1cccc2c3cccc(CNC)c3nc-2c1.O=C(O)CC(O)(CC(=O)O)C(=O)O. The first-order valence-electron chi connectivity index (χ1n) is 10.9. The van der Waals surface area contributed by atoms with Crippen molar-refractivity contribution in [2.24, 2.45) is 0 Å². The Morgan fingerprint density at radius 2 is 1.67 bits per heavy atom. The van der Waals surface area contributed by atoms with Crippen LogP contribution < -0.4 is 16.0 Å². The van der Waals surface area contributed by atoms with E-state index in [0.29, 0.717) is 5.11 Å². The average molecular weight is 517 g/mol. The number of nitrogens with one attached hydrogen (secondary N) is 3. The van der Waals surface area contributed by atoms with Crippen LogP contribution in [-0.2, 0) is 20.9 Å². The number of fused-ring (bicyclic) bond motifs is 3. The maximum absolute atomic E-state index is 10.3. The van der Waals surface area contributed by atoms with Crippen molar-refractivity contribution >= 4 is 51.8 Å². The first-order valence-corrected chi connectivity index (χ1v) is 11.3. The molecule has 192 valence electrons. The lowest BCUT2D eigenvalue weighted by Crippen LogP contribution is -2.42. The predicted octanol–water partition coefficient (Wildman–Crippen LogP) is 2.12. The van der Waals surface area contributed by atoms with E-state index in [-0.39, 0.29) is 0 Å². The fourth-order valence-electron chi connectivity index (χ4n) is 3.45. The highest BCUT2D eigenvalue weighted by molar-refractivity contribution is 7.80. The standard InChI is InChI=1S/C18H20N4S.C6H8O7/c1-3-20-18(23)21-13-7-5-8-14-15-9-4-6-12(11-19-2)17(15)22-16(14)10-13;7-3(8)1-6(13,5(11)12)2-4(9)10/h4-10,19H,3,11H2,1-2H3,(H2,20,21,23);13H,1-2H2,(H,7,8)(H,9,10)(H,11,12). The molecule has 0 aromatic heterocycles. The highest BCUT2D eigenvalue weighted by atomic mass is 32.1. The first kappa shape index (κ1) is 28.4. The third-order valence-corrected chi connectivity index (χ3v) is 5.24. The van der Waals surface area contributed by atoms with E-state index in [0.717, 1.165) is 35.6 Å². The number of benzene rings is 1. The van der Waals surface area contributed by atoms with E-state index in [1.165, 1.54) is 10.9 Å². The molecule has 0 atom stereocenters. The van der Waals surface area contributed by atoms with Crippen LogP contribution in [0, 0.1) is 0 Å². The molecule has 0 radical (unpaired) electrons. The van der Waals surface area contributed by atoms with Crippen LogP contribution in [-0.4, -0.2) is 67.6 Å². The van der Waals surface area contributed by atoms with Gasteiger partial charge in [-0.25, -0.2) is 9.78 Å². The van der Waals surface area contributed by atoms with Crippen LogP contribution in [0.2, 0.25) is 0 Å². The van der Waals surface area contributed by atoms with Crippen LogP contribution in [0.3, 0.4) is 0 Å². The quantitative estimate of drug-likeness (QED) is 0.206. The van der Waals surface area contributed by atoms with Crippen molar-refractivity contribution in [3.63, 3.8) is 0 Å². The number of aliphatic carboxylic acids is 3. The highest BCUT2D eigenvalue weighted by Gasteiger charge is 2.40. The van der Waals surface area contributed by atoms with Crippen molar-refractivity contribution in [3.8, 4) is 11.3 Å². The molecule has 0 bridgehead atoms. The van der Waals surface area contributed by atoms with Gasteiger partial charge in [0.05, 0.1) is 24.1 Å². The minimum absolute atomic E-state index is 0.624. The predicted molar refractivity (Wildman–Crippen MR) is 138 cm³/mol. The largest absolute Gasteiger partial charge is 0.481 e. The summed E-state index contributed by atoms with van der Waals surface area (Å²) < 4.78 is 0. The minimum Gasteiger partial charge on any atom is -0.481 e. The molecule has 0 saturated carbocycles. The van der Waals surface area contributed by atoms with Crippen molar-refractivity contribution in [2.45, 2.75) is 31.9 Å². The van der Waals surface area contributed by atoms with Crippen molar-refractivity contribution < 1.29 is 34.8 Å². The molecular formula is C24H28N4O7S. The summed E-state index contributed by atoms with van der Waals surface area (Å²) in [4.78, 5) is 35.3. The van der Waals surface area contributed by atoms with Crippen LogP contribution in [0.4, 0.5) is 5.69 Å². The molecule has 1 aliphatic heterocycles. The summed E-state index contributed by atoms with van der Waals surface area (Å²) in [5.41, 5.74) is 2.59. The van der Waals surface area contributed by atoms with Gasteiger partial charge in [-0.3, -0.25) is 9.59 Å². The number of thiocarbonyl (C=S) groups is 1. The van der Waals surface area contributed by atoms with E-state index in [1.54, 1.807) is 0 Å². The van der Waals surface area contributed by atoms with Crippen LogP contribution in [0.25, 0.3) is 22.2 Å². The lowest BCUT2D eigenvalue weighted by atomic mass is 9.96. The number of carboxylic acid groups (broad SMARTS) is 3. The van der Waals surface area contributed by atoms with Gasteiger partial charge in [0.2, 0.25) is 0 Å². The zero-order valence-electron chi connectivity index (χ0n) is 19.7. The number of anilines is 1. The third-order valence-electron chi connectivity index (χ3n) is 5.00. The Hall–Kier alpha value is -3.87. The van der Waals surface area contributed by atoms with Crippen molar-refractivity contribution in [3.05, 3.63) is 48.0 Å². The number of carbonyl (C=O) groups is 3. The zero-order valence-corrected chi connectivity index (χ0v) is 20.6. The van der Waals surface area contributed by atoms with E-state index in [2.05, 4.69) is 40.2 Å². The van der Waals surface area contributed by atoms with Gasteiger partial charge >= 0.3 is 17.9 Å². The number of aromatic nitrogens is 1. The molecule has 0 unspecified atom stereocenters. The summed E-state index contributed by atoms with van der Waals surface area (Å²) in [6.07, 6.45) is -2.29. The molecule has 36 heavy (non-hydrogen) atoms. The van der Waals surface area contributed by atoms with Crippen molar-refractivity contribution in [1.29, 1.82) is 0 Å². The molecule has 0 amide bonds. The molecule has 1 aromatic rings. The number of carboxylic acids is 3. The van der Waals surface area contributed by atoms with E-state index in [9.17, 15) is 14.4 Å². The second kappa shape index (κ2) is 12.7. The van der Waals surface area contributed by atoms with Crippen molar-refractivity contribution in [2.75, 3.05) is 18.9 Å². The number of para-hydroxylation sites is 1. The zero-order chi connectivity index (χ0) is 26.9. The maximum atomic E-state index is 10.3. The van der Waals surface area contributed by atoms with Gasteiger partial charge in [-0.2, -0.15) is 0 Å². The Balaban J connectivity index is 0.000000302. The summed E-state index contributed by atoms with van der Waals surface area (Å²) >= 11 is 5.26. The lowest BCUT2D eigenvalue weighted by Gasteiger charge is -2.18. The van der Waals surface area contributed by atoms with E-state index < -0.39 is 36.4 Å². The van der Waals surface area contributed by atoms with Gasteiger partial charge in [-0.15, -0.1) is 0 Å². The molecule has 1 aliphatic carbocycles. The normalized spacial score (nSPS) is 10.9. The van der Waals surface area contributed by atoms with Crippen LogP contribution in [0.1, 0.15) is 25.3 Å². The molecule has 0 fully saturated rings. The second-order valence-electron chi connectivity index (χ2n) is 7.84. The summed E-state index contributed by atoms with van der Waals surface area (Å²) in [6, 6.07) is 14.5. The molecule has 3 rings (SSSR count). The van der Waals surface area contributed by atoms with Gasteiger partial charge in [-0.1, -0.05) is 30.3 Å². The monoisotopic (exact) mass is 516 g/mol. The molecule has 0 saturated heterocycles. The van der Waals surface area contributed by atoms with Gasteiger partial charge in [0, 0.05) is 29.7 Å². The van der Waals surface area contributed by atoms with Crippen molar-refractivity contribution in [1.82, 2.24) is 15.6 Å². The van der Waals surface area contributed by atoms with Crippen LogP contribution in [0.15, 0.2) is 42.5 Å². The third kappa shape index (κ3) is 7.57. The first-order chi connectivity index (χ1) is 17.0.